The van der Waals surface area contributed by atoms with E-state index in [0.29, 0.717) is 30.7 Å². The third-order valence-electron chi connectivity index (χ3n) is 4.61. The predicted octanol–water partition coefficient (Wildman–Crippen LogP) is 4.23. The van der Waals surface area contributed by atoms with Crippen LogP contribution in [0.5, 0.6) is 5.75 Å². The lowest BCUT2D eigenvalue weighted by Gasteiger charge is -2.36. The maximum absolute atomic E-state index is 13.8. The molecular formula is C25H41N3O5S. The molecule has 34 heavy (non-hydrogen) atoms. The number of aromatic hydroxyl groups is 1. The number of phenols is 1. The molecule has 0 heterocycles. The Morgan fingerprint density at radius 1 is 1.09 bits per heavy atom. The Labute approximate surface area is 208 Å². The molecule has 1 rings (SSSR count). The number of nitrogens with zero attached hydrogens (tertiary/aromatic N) is 1. The maximum atomic E-state index is 13.8. The number of thioether (sulfide) groups is 1. The zero-order valence-corrected chi connectivity index (χ0v) is 22.5. The number of nitrogens with one attached hydrogen (secondary N) is 2. The molecule has 0 aliphatic heterocycles. The monoisotopic (exact) mass is 495 g/mol. The van der Waals surface area contributed by atoms with Crippen LogP contribution in [0.3, 0.4) is 0 Å². The third-order valence-corrected chi connectivity index (χ3v) is 5.26. The number of phenolic OH excluding ortho intramolecular Hbond substituents is 1. The zero-order chi connectivity index (χ0) is 26.1. The number of ether oxygens (including phenoxy) is 1. The number of hydrogen-bond donors (Lipinski definition) is 3. The van der Waals surface area contributed by atoms with E-state index in [0.717, 1.165) is 0 Å². The number of carbonyl (C=O) groups is 3. The Balaban J connectivity index is 3.40. The van der Waals surface area contributed by atoms with E-state index in [4.69, 9.17) is 4.74 Å². The standard InChI is InChI=1S/C25H41N3O5S/c1-9-15-28(22(31)19(14-16-34-8)26-23(32)33-25(5,6)7)20(21(30)27-24(2,3)4)17-10-12-18(29)13-11-17/h10-13,19-20,29H,9,14-16H2,1-8H3,(H,26,32)(H,27,30). The Morgan fingerprint density at radius 3 is 2.15 bits per heavy atom. The molecule has 0 fully saturated rings. The molecule has 0 bridgehead atoms. The van der Waals surface area contributed by atoms with E-state index in [9.17, 15) is 19.5 Å². The second kappa shape index (κ2) is 12.9. The Hall–Kier alpha value is -2.42. The molecule has 0 aliphatic carbocycles. The number of carbonyl (C=O) groups excluding carboxylic acids is 3. The molecule has 2 unspecified atom stereocenters. The van der Waals surface area contributed by atoms with Crippen LogP contribution in [0.15, 0.2) is 24.3 Å². The van der Waals surface area contributed by atoms with E-state index in [1.807, 2.05) is 34.0 Å². The average Bonchev–Trinajstić information content (AvgIpc) is 2.69. The molecule has 1 aromatic carbocycles. The van der Waals surface area contributed by atoms with Crippen LogP contribution in [0.4, 0.5) is 4.79 Å². The molecule has 192 valence electrons. The van der Waals surface area contributed by atoms with E-state index in [2.05, 4.69) is 10.6 Å². The first-order valence-electron chi connectivity index (χ1n) is 11.6. The normalized spacial score (nSPS) is 13.5. The van der Waals surface area contributed by atoms with E-state index in [-0.39, 0.29) is 17.6 Å². The van der Waals surface area contributed by atoms with Crippen molar-refractivity contribution in [2.75, 3.05) is 18.6 Å². The van der Waals surface area contributed by atoms with Crippen molar-refractivity contribution in [3.8, 4) is 5.75 Å². The van der Waals surface area contributed by atoms with Crippen molar-refractivity contribution in [1.82, 2.24) is 15.5 Å². The van der Waals surface area contributed by atoms with Crippen LogP contribution in [0.1, 0.15) is 72.9 Å². The molecule has 0 radical (unpaired) electrons. The minimum atomic E-state index is -0.926. The van der Waals surface area contributed by atoms with Gasteiger partial charge in [0.25, 0.3) is 0 Å². The number of alkyl carbamates (subject to hydrolysis) is 1. The number of amides is 3. The number of benzene rings is 1. The fraction of sp³-hybridized carbons (Fsp3) is 0.640. The van der Waals surface area contributed by atoms with Crippen molar-refractivity contribution in [3.63, 3.8) is 0 Å². The number of hydrogen-bond acceptors (Lipinski definition) is 6. The first-order chi connectivity index (χ1) is 15.7. The summed E-state index contributed by atoms with van der Waals surface area (Å²) < 4.78 is 5.38. The van der Waals surface area contributed by atoms with E-state index < -0.39 is 29.3 Å². The summed E-state index contributed by atoms with van der Waals surface area (Å²) in [6.45, 7) is 13.1. The summed E-state index contributed by atoms with van der Waals surface area (Å²) in [5.74, 6) is 0.0193. The van der Waals surface area contributed by atoms with Gasteiger partial charge in [0.05, 0.1) is 0 Å². The Bertz CT molecular complexity index is 815. The molecule has 3 amide bonds. The van der Waals surface area contributed by atoms with Gasteiger partial charge >= 0.3 is 6.09 Å². The van der Waals surface area contributed by atoms with Gasteiger partial charge in [-0.15, -0.1) is 0 Å². The molecule has 0 saturated carbocycles. The summed E-state index contributed by atoms with van der Waals surface area (Å²) in [6.07, 6.45) is 2.26. The molecule has 1 aromatic rings. The van der Waals surface area contributed by atoms with Crippen molar-refractivity contribution in [1.29, 1.82) is 0 Å². The van der Waals surface area contributed by atoms with Gasteiger partial charge in [0.2, 0.25) is 11.8 Å². The molecule has 0 aromatic heterocycles. The summed E-state index contributed by atoms with van der Waals surface area (Å²) >= 11 is 1.56. The molecule has 9 heteroatoms. The lowest BCUT2D eigenvalue weighted by molar-refractivity contribution is -0.143. The van der Waals surface area contributed by atoms with Crippen molar-refractivity contribution < 1.29 is 24.2 Å². The van der Waals surface area contributed by atoms with Crippen LogP contribution in [0, 0.1) is 0 Å². The van der Waals surface area contributed by atoms with Gasteiger partial charge in [-0.05, 0) is 84.1 Å². The Kier molecular flexibility index (Phi) is 11.2. The largest absolute Gasteiger partial charge is 0.508 e. The third kappa shape index (κ3) is 10.2. The van der Waals surface area contributed by atoms with Gasteiger partial charge < -0.3 is 25.4 Å². The van der Waals surface area contributed by atoms with Crippen LogP contribution in [-0.2, 0) is 14.3 Å². The average molecular weight is 496 g/mol. The molecule has 0 aliphatic rings. The summed E-state index contributed by atoms with van der Waals surface area (Å²) in [5, 5.41) is 15.4. The summed E-state index contributed by atoms with van der Waals surface area (Å²) in [4.78, 5) is 41.2. The first-order valence-corrected chi connectivity index (χ1v) is 13.0. The van der Waals surface area contributed by atoms with Crippen LogP contribution < -0.4 is 10.6 Å². The van der Waals surface area contributed by atoms with Gasteiger partial charge in [-0.2, -0.15) is 11.8 Å². The minimum absolute atomic E-state index is 0.0662. The van der Waals surface area contributed by atoms with Gasteiger partial charge in [0, 0.05) is 12.1 Å². The van der Waals surface area contributed by atoms with Crippen LogP contribution in [0.25, 0.3) is 0 Å². The highest BCUT2D eigenvalue weighted by Gasteiger charge is 2.36. The second-order valence-corrected chi connectivity index (χ2v) is 11.2. The maximum Gasteiger partial charge on any atom is 0.408 e. The quantitative estimate of drug-likeness (QED) is 0.448. The summed E-state index contributed by atoms with van der Waals surface area (Å²) in [5.41, 5.74) is -0.649. The fourth-order valence-corrected chi connectivity index (χ4v) is 3.79. The smallest absolute Gasteiger partial charge is 0.408 e. The second-order valence-electron chi connectivity index (χ2n) is 10.2. The summed E-state index contributed by atoms with van der Waals surface area (Å²) in [6, 6.07) is 4.48. The van der Waals surface area contributed by atoms with Gasteiger partial charge in [0.15, 0.2) is 0 Å². The molecule has 8 nitrogen and oxygen atoms in total. The van der Waals surface area contributed by atoms with E-state index in [1.54, 1.807) is 44.7 Å². The van der Waals surface area contributed by atoms with Gasteiger partial charge in [-0.25, -0.2) is 4.79 Å². The summed E-state index contributed by atoms with van der Waals surface area (Å²) in [7, 11) is 0. The fourth-order valence-electron chi connectivity index (χ4n) is 3.32. The van der Waals surface area contributed by atoms with E-state index >= 15 is 0 Å². The van der Waals surface area contributed by atoms with Crippen molar-refractivity contribution in [3.05, 3.63) is 29.8 Å². The molecule has 2 atom stereocenters. The first kappa shape index (κ1) is 29.6. The van der Waals surface area contributed by atoms with Gasteiger partial charge in [-0.1, -0.05) is 19.1 Å². The van der Waals surface area contributed by atoms with Crippen LogP contribution >= 0.6 is 11.8 Å². The number of rotatable bonds is 10. The molecular weight excluding hydrogens is 454 g/mol. The zero-order valence-electron chi connectivity index (χ0n) is 21.7. The highest BCUT2D eigenvalue weighted by molar-refractivity contribution is 7.98. The molecule has 0 saturated heterocycles. The van der Waals surface area contributed by atoms with Crippen molar-refractivity contribution in [2.45, 2.75) is 84.5 Å². The topological polar surface area (TPSA) is 108 Å². The SMILES string of the molecule is CCCN(C(=O)C(CCSC)NC(=O)OC(C)(C)C)C(C(=O)NC(C)(C)C)c1ccc(O)cc1. The lowest BCUT2D eigenvalue weighted by Crippen LogP contribution is -2.55. The van der Waals surface area contributed by atoms with Crippen LogP contribution in [-0.4, -0.2) is 63.6 Å². The predicted molar refractivity (Wildman–Crippen MR) is 137 cm³/mol. The van der Waals surface area contributed by atoms with Gasteiger partial charge in [0.1, 0.15) is 23.4 Å². The molecule has 3 N–H and O–H groups in total. The lowest BCUT2D eigenvalue weighted by atomic mass is 10.00. The van der Waals surface area contributed by atoms with Crippen molar-refractivity contribution in [2.24, 2.45) is 0 Å². The Morgan fingerprint density at radius 2 is 1.68 bits per heavy atom. The van der Waals surface area contributed by atoms with E-state index in [1.165, 1.54) is 17.0 Å². The minimum Gasteiger partial charge on any atom is -0.508 e. The van der Waals surface area contributed by atoms with Crippen LogP contribution in [0.2, 0.25) is 0 Å². The highest BCUT2D eigenvalue weighted by Crippen LogP contribution is 2.26. The highest BCUT2D eigenvalue weighted by atomic mass is 32.2. The van der Waals surface area contributed by atoms with Crippen molar-refractivity contribution >= 4 is 29.7 Å². The molecule has 0 spiro atoms. The van der Waals surface area contributed by atoms with Gasteiger partial charge in [-0.3, -0.25) is 9.59 Å².